The van der Waals surface area contributed by atoms with Crippen molar-refractivity contribution in [3.05, 3.63) is 66.8 Å². The van der Waals surface area contributed by atoms with Gasteiger partial charge in [-0.15, -0.1) is 0 Å². The highest BCUT2D eigenvalue weighted by Gasteiger charge is 2.19. The second kappa shape index (κ2) is 5.92. The normalized spacial score (nSPS) is 12.5. The van der Waals surface area contributed by atoms with Crippen LogP contribution in [0.4, 0.5) is 4.39 Å². The maximum absolute atomic E-state index is 13.9. The number of aliphatic hydroxyl groups is 1. The molecule has 0 bridgehead atoms. The van der Waals surface area contributed by atoms with Crippen LogP contribution in [0.25, 0.3) is 0 Å². The van der Waals surface area contributed by atoms with E-state index in [9.17, 15) is 9.50 Å². The van der Waals surface area contributed by atoms with Gasteiger partial charge < -0.3 is 5.11 Å². The first-order valence-electron chi connectivity index (χ1n) is 5.48. The topological polar surface area (TPSA) is 20.2 Å². The summed E-state index contributed by atoms with van der Waals surface area (Å²) in [4.78, 5) is 0. The van der Waals surface area contributed by atoms with Gasteiger partial charge in [-0.2, -0.15) is 0 Å². The monoisotopic (exact) mass is 406 g/mol. The van der Waals surface area contributed by atoms with Gasteiger partial charge in [0.05, 0.1) is 5.02 Å². The summed E-state index contributed by atoms with van der Waals surface area (Å²) >= 11 is 12.5. The minimum absolute atomic E-state index is 0.151. The molecule has 0 radical (unpaired) electrons. The summed E-state index contributed by atoms with van der Waals surface area (Å²) in [6.45, 7) is 1.94. The Morgan fingerprint density at radius 2 is 1.79 bits per heavy atom. The second-order valence-corrected chi connectivity index (χ2v) is 6.33. The van der Waals surface area contributed by atoms with Crippen molar-refractivity contribution in [3.63, 3.8) is 0 Å². The van der Waals surface area contributed by atoms with Crippen molar-refractivity contribution in [1.29, 1.82) is 0 Å². The molecule has 2 rings (SSSR count). The molecule has 100 valence electrons. The first-order chi connectivity index (χ1) is 8.90. The number of halogens is 4. The Balaban J connectivity index is 2.49. The first-order valence-corrected chi connectivity index (χ1v) is 7.45. The highest BCUT2D eigenvalue weighted by atomic mass is 79.9. The average Bonchev–Trinajstić information content (AvgIpc) is 2.33. The largest absolute Gasteiger partial charge is 0.384 e. The third-order valence-corrected chi connectivity index (χ3v) is 4.67. The lowest BCUT2D eigenvalue weighted by Gasteiger charge is -2.15. The summed E-state index contributed by atoms with van der Waals surface area (Å²) < 4.78 is 15.1. The lowest BCUT2D eigenvalue weighted by Crippen LogP contribution is -2.04. The molecule has 0 saturated heterocycles. The van der Waals surface area contributed by atoms with Crippen LogP contribution in [0.5, 0.6) is 0 Å². The quantitative estimate of drug-likeness (QED) is 0.660. The van der Waals surface area contributed by atoms with Crippen molar-refractivity contribution in [2.75, 3.05) is 0 Å². The van der Waals surface area contributed by atoms with Gasteiger partial charge in [-0.05, 0) is 52.2 Å². The fourth-order valence-electron chi connectivity index (χ4n) is 1.77. The fraction of sp³-hybridized carbons (Fsp3) is 0.143. The molecule has 1 atom stereocenters. The van der Waals surface area contributed by atoms with Gasteiger partial charge >= 0.3 is 0 Å². The predicted octanol–water partition coefficient (Wildman–Crippen LogP) is 5.39. The van der Waals surface area contributed by atoms with E-state index in [1.54, 1.807) is 6.07 Å². The number of rotatable bonds is 2. The average molecular weight is 408 g/mol. The van der Waals surface area contributed by atoms with Gasteiger partial charge in [-0.25, -0.2) is 4.39 Å². The van der Waals surface area contributed by atoms with Crippen LogP contribution >= 0.6 is 43.5 Å². The molecule has 0 heterocycles. The molecule has 0 aliphatic rings. The Kier molecular flexibility index (Phi) is 4.66. The van der Waals surface area contributed by atoms with E-state index in [0.717, 1.165) is 10.0 Å². The summed E-state index contributed by atoms with van der Waals surface area (Å²) in [5.74, 6) is -0.503. The number of aryl methyl sites for hydroxylation is 1. The molecule has 0 fully saturated rings. The van der Waals surface area contributed by atoms with Crippen molar-refractivity contribution in [2.24, 2.45) is 0 Å². The highest BCUT2D eigenvalue weighted by molar-refractivity contribution is 9.10. The van der Waals surface area contributed by atoms with E-state index < -0.39 is 11.9 Å². The van der Waals surface area contributed by atoms with E-state index in [2.05, 4.69) is 31.9 Å². The van der Waals surface area contributed by atoms with Gasteiger partial charge in [0.25, 0.3) is 0 Å². The zero-order valence-corrected chi connectivity index (χ0v) is 13.9. The van der Waals surface area contributed by atoms with Gasteiger partial charge in [0.2, 0.25) is 0 Å². The van der Waals surface area contributed by atoms with Crippen LogP contribution in [-0.2, 0) is 0 Å². The number of benzene rings is 2. The SMILES string of the molecule is Cc1ccc(C(O)c2cc(Cl)c(Br)cc2F)c(Br)c1. The zero-order valence-electron chi connectivity index (χ0n) is 9.92. The molecule has 19 heavy (non-hydrogen) atoms. The van der Waals surface area contributed by atoms with Crippen molar-refractivity contribution in [1.82, 2.24) is 0 Å². The number of aliphatic hydroxyl groups excluding tert-OH is 1. The van der Waals surface area contributed by atoms with Crippen molar-refractivity contribution < 1.29 is 9.50 Å². The van der Waals surface area contributed by atoms with Crippen LogP contribution in [0, 0.1) is 12.7 Å². The second-order valence-electron chi connectivity index (χ2n) is 4.22. The molecule has 0 aromatic heterocycles. The maximum atomic E-state index is 13.9. The molecule has 1 N–H and O–H groups in total. The summed E-state index contributed by atoms with van der Waals surface area (Å²) in [6.07, 6.45) is -1.07. The van der Waals surface area contributed by atoms with E-state index in [1.165, 1.54) is 12.1 Å². The third-order valence-electron chi connectivity index (χ3n) is 2.78. The van der Waals surface area contributed by atoms with E-state index in [4.69, 9.17) is 11.6 Å². The molecule has 1 nitrogen and oxygen atoms in total. The zero-order chi connectivity index (χ0) is 14.2. The van der Waals surface area contributed by atoms with Gasteiger partial charge in [-0.3, -0.25) is 0 Å². The third kappa shape index (κ3) is 3.19. The first kappa shape index (κ1) is 15.0. The number of hydrogen-bond donors (Lipinski definition) is 1. The van der Waals surface area contributed by atoms with Crippen LogP contribution in [0.15, 0.2) is 39.3 Å². The Hall–Kier alpha value is -0.420. The fourth-order valence-corrected chi connectivity index (χ4v) is 2.97. The summed E-state index contributed by atoms with van der Waals surface area (Å²) in [5, 5.41) is 10.7. The summed E-state index contributed by atoms with van der Waals surface area (Å²) in [7, 11) is 0. The minimum atomic E-state index is -1.07. The molecule has 0 aliphatic heterocycles. The molecule has 5 heteroatoms. The van der Waals surface area contributed by atoms with Crippen LogP contribution in [-0.4, -0.2) is 5.11 Å². The Morgan fingerprint density at radius 1 is 1.11 bits per heavy atom. The van der Waals surface area contributed by atoms with Gasteiger partial charge in [0, 0.05) is 14.5 Å². The van der Waals surface area contributed by atoms with Crippen LogP contribution < -0.4 is 0 Å². The Labute approximate surface area is 132 Å². The molecular weight excluding hydrogens is 398 g/mol. The standard InChI is InChI=1S/C14H10Br2ClFO/c1-7-2-3-8(10(15)4-7)14(19)9-5-12(17)11(16)6-13(9)18/h2-6,14,19H,1H3. The molecule has 0 amide bonds. The number of hydrogen-bond acceptors (Lipinski definition) is 1. The van der Waals surface area contributed by atoms with Crippen molar-refractivity contribution in [3.8, 4) is 0 Å². The molecule has 0 spiro atoms. The summed E-state index contributed by atoms with van der Waals surface area (Å²) in [6, 6.07) is 8.18. The summed E-state index contributed by atoms with van der Waals surface area (Å²) in [5.41, 5.74) is 1.80. The molecular formula is C14H10Br2ClFO. The van der Waals surface area contributed by atoms with E-state index in [-0.39, 0.29) is 5.56 Å². The molecule has 2 aromatic rings. The highest BCUT2D eigenvalue weighted by Crippen LogP contribution is 2.34. The van der Waals surface area contributed by atoms with Crippen molar-refractivity contribution in [2.45, 2.75) is 13.0 Å². The van der Waals surface area contributed by atoms with E-state index in [0.29, 0.717) is 15.1 Å². The van der Waals surface area contributed by atoms with Crippen LogP contribution in [0.2, 0.25) is 5.02 Å². The van der Waals surface area contributed by atoms with Gasteiger partial charge in [0.1, 0.15) is 11.9 Å². The smallest absolute Gasteiger partial charge is 0.130 e. The molecule has 0 saturated carbocycles. The maximum Gasteiger partial charge on any atom is 0.130 e. The molecule has 1 unspecified atom stereocenters. The molecule has 2 aromatic carbocycles. The lowest BCUT2D eigenvalue weighted by atomic mass is 10.00. The van der Waals surface area contributed by atoms with E-state index >= 15 is 0 Å². The van der Waals surface area contributed by atoms with E-state index in [1.807, 2.05) is 19.1 Å². The van der Waals surface area contributed by atoms with Gasteiger partial charge in [-0.1, -0.05) is 39.7 Å². The van der Waals surface area contributed by atoms with Crippen LogP contribution in [0.1, 0.15) is 22.8 Å². The molecule has 0 aliphatic carbocycles. The minimum Gasteiger partial charge on any atom is -0.384 e. The predicted molar refractivity (Wildman–Crippen MR) is 82.1 cm³/mol. The lowest BCUT2D eigenvalue weighted by molar-refractivity contribution is 0.214. The van der Waals surface area contributed by atoms with Crippen molar-refractivity contribution >= 4 is 43.5 Å². The van der Waals surface area contributed by atoms with Gasteiger partial charge in [0.15, 0.2) is 0 Å². The Morgan fingerprint density at radius 3 is 2.42 bits per heavy atom. The van der Waals surface area contributed by atoms with Crippen LogP contribution in [0.3, 0.4) is 0 Å². The Bertz CT molecular complexity index is 631.